The topological polar surface area (TPSA) is 43.1 Å². The van der Waals surface area contributed by atoms with Crippen LogP contribution >= 0.6 is 7.26 Å². The summed E-state index contributed by atoms with van der Waals surface area (Å²) in [5, 5.41) is 15.5. The Morgan fingerprint density at radius 1 is 0.700 bits per heavy atom. The Balaban J connectivity index is 2.03. The maximum Gasteiger partial charge on any atom is 0.276 e. The summed E-state index contributed by atoms with van der Waals surface area (Å²) in [5.74, 6) is 0. The predicted octanol–water partition coefficient (Wildman–Crippen LogP) is 5.40. The van der Waals surface area contributed by atoms with Gasteiger partial charge in [-0.2, -0.15) is 0 Å². The molecule has 0 radical (unpaired) electrons. The molecule has 0 saturated carbocycles. The Morgan fingerprint density at radius 2 is 1.13 bits per heavy atom. The fourth-order valence-electron chi connectivity index (χ4n) is 4.00. The fraction of sp³-hybridized carbons (Fsp3) is 0.0769. The van der Waals surface area contributed by atoms with Crippen molar-refractivity contribution in [3.8, 4) is 0 Å². The molecule has 30 heavy (non-hydrogen) atoms. The van der Waals surface area contributed by atoms with Crippen molar-refractivity contribution in [3.63, 3.8) is 0 Å². The zero-order chi connectivity index (χ0) is 21.0. The fourth-order valence-corrected chi connectivity index (χ4v) is 8.27. The molecule has 4 heteroatoms. The molecule has 0 aromatic heterocycles. The van der Waals surface area contributed by atoms with Crippen molar-refractivity contribution in [1.82, 2.24) is 0 Å². The van der Waals surface area contributed by atoms with Gasteiger partial charge in [0.2, 0.25) is 0 Å². The van der Waals surface area contributed by atoms with Crippen LogP contribution in [0.15, 0.2) is 109 Å². The van der Waals surface area contributed by atoms with E-state index in [2.05, 4.69) is 72.8 Å². The number of benzene rings is 4. The van der Waals surface area contributed by atoms with Gasteiger partial charge in [0.25, 0.3) is 5.69 Å². The van der Waals surface area contributed by atoms with Gasteiger partial charge in [0.05, 0.1) is 10.5 Å². The third-order valence-corrected chi connectivity index (χ3v) is 9.79. The van der Waals surface area contributed by atoms with E-state index in [4.69, 9.17) is 0 Å². The van der Waals surface area contributed by atoms with Crippen molar-refractivity contribution >= 4 is 28.9 Å². The zero-order valence-corrected chi connectivity index (χ0v) is 17.7. The SMILES string of the molecule is Cc1ccc(C[P+](c2ccccc2)(c2ccccc2)c2ccccc2)c([N+](=O)[O-])c1. The number of nitro groups is 1. The highest BCUT2D eigenvalue weighted by Gasteiger charge is 2.46. The van der Waals surface area contributed by atoms with Crippen LogP contribution in [0.25, 0.3) is 0 Å². The Labute approximate surface area is 177 Å². The number of hydrogen-bond donors (Lipinski definition) is 0. The summed E-state index contributed by atoms with van der Waals surface area (Å²) in [6, 6.07) is 36.9. The molecule has 148 valence electrons. The number of nitro benzene ring substituents is 1. The van der Waals surface area contributed by atoms with Crippen LogP contribution in [0.2, 0.25) is 0 Å². The smallest absolute Gasteiger partial charge is 0.258 e. The van der Waals surface area contributed by atoms with Crippen molar-refractivity contribution in [1.29, 1.82) is 0 Å². The van der Waals surface area contributed by atoms with Crippen LogP contribution in [0.4, 0.5) is 5.69 Å². The summed E-state index contributed by atoms with van der Waals surface area (Å²) in [6.07, 6.45) is 0.599. The number of hydrogen-bond acceptors (Lipinski definition) is 2. The first-order valence-corrected chi connectivity index (χ1v) is 11.9. The molecule has 4 rings (SSSR count). The van der Waals surface area contributed by atoms with Crippen LogP contribution in [-0.2, 0) is 6.16 Å². The van der Waals surface area contributed by atoms with E-state index in [-0.39, 0.29) is 10.6 Å². The molecule has 0 unspecified atom stereocenters. The lowest BCUT2D eigenvalue weighted by Gasteiger charge is -2.27. The first-order chi connectivity index (χ1) is 14.6. The van der Waals surface area contributed by atoms with Gasteiger partial charge in [0.15, 0.2) is 0 Å². The van der Waals surface area contributed by atoms with E-state index in [1.807, 2.05) is 37.3 Å². The van der Waals surface area contributed by atoms with Gasteiger partial charge in [-0.15, -0.1) is 0 Å². The van der Waals surface area contributed by atoms with Crippen LogP contribution in [0.5, 0.6) is 0 Å². The van der Waals surface area contributed by atoms with Crippen molar-refractivity contribution in [2.75, 3.05) is 0 Å². The monoisotopic (exact) mass is 412 g/mol. The molecule has 0 aliphatic rings. The van der Waals surface area contributed by atoms with E-state index >= 15 is 0 Å². The van der Waals surface area contributed by atoms with Crippen LogP contribution < -0.4 is 15.9 Å². The molecule has 0 atom stereocenters. The van der Waals surface area contributed by atoms with Crippen molar-refractivity contribution in [2.45, 2.75) is 13.1 Å². The molecular weight excluding hydrogens is 389 g/mol. The zero-order valence-electron chi connectivity index (χ0n) is 16.8. The Morgan fingerprint density at radius 3 is 1.53 bits per heavy atom. The Bertz CT molecular complexity index is 1050. The maximum absolute atomic E-state index is 11.9. The van der Waals surface area contributed by atoms with Gasteiger partial charge >= 0.3 is 0 Å². The Hall–Kier alpha value is -3.29. The molecule has 4 aromatic rings. The van der Waals surface area contributed by atoms with Gasteiger partial charge in [-0.25, -0.2) is 0 Å². The molecule has 3 nitrogen and oxygen atoms in total. The first-order valence-electron chi connectivity index (χ1n) is 9.90. The second-order valence-corrected chi connectivity index (χ2v) is 10.8. The minimum atomic E-state index is -2.16. The standard InChI is InChI=1S/C26H23NO2P/c1-21-17-18-22(26(19-21)27(28)29)20-30(23-11-5-2-6-12-23,24-13-7-3-8-14-24)25-15-9-4-10-16-25/h2-19H,20H2,1H3/q+1. The highest BCUT2D eigenvalue weighted by Crippen LogP contribution is 2.58. The summed E-state index contributed by atoms with van der Waals surface area (Å²) >= 11 is 0. The van der Waals surface area contributed by atoms with E-state index in [0.29, 0.717) is 6.16 Å². The van der Waals surface area contributed by atoms with Gasteiger partial charge in [-0.1, -0.05) is 60.7 Å². The first kappa shape index (κ1) is 20.0. The lowest BCUT2D eigenvalue weighted by atomic mass is 10.1. The van der Waals surface area contributed by atoms with Crippen LogP contribution in [-0.4, -0.2) is 4.92 Å². The second kappa shape index (κ2) is 8.61. The van der Waals surface area contributed by atoms with Crippen molar-refractivity contribution in [2.24, 2.45) is 0 Å². The largest absolute Gasteiger partial charge is 0.276 e. The lowest BCUT2D eigenvalue weighted by molar-refractivity contribution is -0.385. The highest BCUT2D eigenvalue weighted by molar-refractivity contribution is 7.95. The summed E-state index contributed by atoms with van der Waals surface area (Å²) in [5.41, 5.74) is 1.87. The summed E-state index contributed by atoms with van der Waals surface area (Å²) < 4.78 is 0. The molecule has 0 aliphatic carbocycles. The van der Waals surface area contributed by atoms with Crippen LogP contribution in [0.3, 0.4) is 0 Å². The molecular formula is C26H23NO2P+. The number of nitrogens with zero attached hydrogens (tertiary/aromatic N) is 1. The number of aryl methyl sites for hydroxylation is 1. The molecule has 4 aromatic carbocycles. The molecule has 0 amide bonds. The average molecular weight is 412 g/mol. The summed E-state index contributed by atoms with van der Waals surface area (Å²) in [6.45, 7) is 1.89. The van der Waals surface area contributed by atoms with Gasteiger partial charge < -0.3 is 0 Å². The van der Waals surface area contributed by atoms with E-state index in [1.54, 1.807) is 6.07 Å². The summed E-state index contributed by atoms with van der Waals surface area (Å²) in [7, 11) is -2.16. The second-order valence-electron chi connectivity index (χ2n) is 7.36. The highest BCUT2D eigenvalue weighted by atomic mass is 31.2. The molecule has 0 heterocycles. The summed E-state index contributed by atoms with van der Waals surface area (Å²) in [4.78, 5) is 11.6. The minimum absolute atomic E-state index is 0.196. The van der Waals surface area contributed by atoms with Gasteiger partial charge in [0.1, 0.15) is 29.3 Å². The maximum atomic E-state index is 11.9. The average Bonchev–Trinajstić information content (AvgIpc) is 2.80. The molecule has 0 aliphatic heterocycles. The third-order valence-electron chi connectivity index (χ3n) is 5.44. The number of rotatable bonds is 6. The van der Waals surface area contributed by atoms with E-state index < -0.39 is 7.26 Å². The van der Waals surface area contributed by atoms with Gasteiger partial charge in [-0.3, -0.25) is 10.1 Å². The van der Waals surface area contributed by atoms with E-state index in [0.717, 1.165) is 11.1 Å². The quantitative estimate of drug-likeness (QED) is 0.242. The minimum Gasteiger partial charge on any atom is -0.258 e. The van der Waals surface area contributed by atoms with Gasteiger partial charge in [0, 0.05) is 6.07 Å². The predicted molar refractivity (Wildman–Crippen MR) is 127 cm³/mol. The molecule has 0 bridgehead atoms. The van der Waals surface area contributed by atoms with Gasteiger partial charge in [-0.05, 0) is 55.0 Å². The normalized spacial score (nSPS) is 11.2. The van der Waals surface area contributed by atoms with E-state index in [9.17, 15) is 10.1 Å². The lowest BCUT2D eigenvalue weighted by Crippen LogP contribution is -2.32. The molecule has 0 spiro atoms. The van der Waals surface area contributed by atoms with Crippen molar-refractivity contribution < 1.29 is 4.92 Å². The third kappa shape index (κ3) is 3.77. The van der Waals surface area contributed by atoms with E-state index in [1.165, 1.54) is 15.9 Å². The molecule has 0 fully saturated rings. The van der Waals surface area contributed by atoms with Crippen LogP contribution in [0.1, 0.15) is 11.1 Å². The van der Waals surface area contributed by atoms with Crippen molar-refractivity contribution in [3.05, 3.63) is 130 Å². The van der Waals surface area contributed by atoms with Crippen LogP contribution in [0, 0.1) is 17.0 Å². The Kier molecular flexibility index (Phi) is 5.74. The molecule has 0 N–H and O–H groups in total. The molecule has 0 saturated heterocycles.